The van der Waals surface area contributed by atoms with E-state index in [9.17, 15) is 4.79 Å². The second-order valence-corrected chi connectivity index (χ2v) is 2.82. The van der Waals surface area contributed by atoms with Crippen LogP contribution in [0.2, 0.25) is 0 Å². The summed E-state index contributed by atoms with van der Waals surface area (Å²) in [5.41, 5.74) is 6.61. The summed E-state index contributed by atoms with van der Waals surface area (Å²) >= 11 is 0. The van der Waals surface area contributed by atoms with Gasteiger partial charge in [-0.2, -0.15) is 0 Å². The summed E-state index contributed by atoms with van der Waals surface area (Å²) < 4.78 is 9.58. The number of nitrogens with two attached hydrogens (primary N) is 1. The average Bonchev–Trinajstić information content (AvgIpc) is 2.51. The van der Waals surface area contributed by atoms with Gasteiger partial charge in [-0.05, 0) is 13.0 Å². The fourth-order valence-electron chi connectivity index (χ4n) is 1.15. The maximum absolute atomic E-state index is 10.9. The number of ether oxygens (including phenoxy) is 1. The van der Waals surface area contributed by atoms with Gasteiger partial charge >= 0.3 is 5.97 Å². The predicted molar refractivity (Wildman–Crippen MR) is 47.0 cm³/mol. The van der Waals surface area contributed by atoms with Crippen molar-refractivity contribution in [1.29, 1.82) is 0 Å². The number of hydrogen-bond donors (Lipinski definition) is 1. The third-order valence-electron chi connectivity index (χ3n) is 1.91. The molecule has 0 aliphatic carbocycles. The molecule has 72 valence electrons. The summed E-state index contributed by atoms with van der Waals surface area (Å²) in [6.45, 7) is 1.81. The van der Waals surface area contributed by atoms with Crippen molar-refractivity contribution in [2.24, 2.45) is 5.73 Å². The van der Waals surface area contributed by atoms with Gasteiger partial charge in [0, 0.05) is 11.6 Å². The van der Waals surface area contributed by atoms with Gasteiger partial charge in [0.1, 0.15) is 5.76 Å². The largest absolute Gasteiger partial charge is 0.469 e. The van der Waals surface area contributed by atoms with Crippen molar-refractivity contribution in [3.8, 4) is 0 Å². The topological polar surface area (TPSA) is 65.5 Å². The first-order valence-corrected chi connectivity index (χ1v) is 4.01. The summed E-state index contributed by atoms with van der Waals surface area (Å²) in [5.74, 6) is 0.435. The molecule has 1 heterocycles. The molecule has 13 heavy (non-hydrogen) atoms. The summed E-state index contributed by atoms with van der Waals surface area (Å²) in [4.78, 5) is 10.9. The Morgan fingerprint density at radius 2 is 2.46 bits per heavy atom. The number of furan rings is 1. The number of carbonyl (C=O) groups is 1. The maximum atomic E-state index is 10.9. The molecular formula is C9H13NO3. The summed E-state index contributed by atoms with van der Waals surface area (Å²) in [5, 5.41) is 0. The van der Waals surface area contributed by atoms with E-state index in [0.717, 1.165) is 11.3 Å². The van der Waals surface area contributed by atoms with Crippen molar-refractivity contribution < 1.29 is 13.9 Å². The van der Waals surface area contributed by atoms with Crippen LogP contribution in [0, 0.1) is 6.92 Å². The summed E-state index contributed by atoms with van der Waals surface area (Å²) in [6.07, 6.45) is 1.73. The Morgan fingerprint density at radius 1 is 1.77 bits per heavy atom. The lowest BCUT2D eigenvalue weighted by atomic mass is 10.1. The lowest BCUT2D eigenvalue weighted by Gasteiger charge is -2.08. The number of aryl methyl sites for hydroxylation is 1. The van der Waals surface area contributed by atoms with Gasteiger partial charge in [-0.3, -0.25) is 4.79 Å². The zero-order valence-electron chi connectivity index (χ0n) is 7.74. The minimum Gasteiger partial charge on any atom is -0.469 e. The van der Waals surface area contributed by atoms with E-state index in [1.165, 1.54) is 7.11 Å². The molecule has 1 aromatic heterocycles. The van der Waals surface area contributed by atoms with E-state index in [1.807, 2.05) is 6.92 Å². The third kappa shape index (κ3) is 2.32. The van der Waals surface area contributed by atoms with Gasteiger partial charge in [-0.1, -0.05) is 0 Å². The van der Waals surface area contributed by atoms with E-state index in [-0.39, 0.29) is 18.4 Å². The molecule has 0 amide bonds. The zero-order chi connectivity index (χ0) is 9.84. The molecule has 4 nitrogen and oxygen atoms in total. The highest BCUT2D eigenvalue weighted by atomic mass is 16.5. The molecule has 0 bridgehead atoms. The van der Waals surface area contributed by atoms with Crippen LogP contribution in [0.25, 0.3) is 0 Å². The standard InChI is InChI=1S/C9H13NO3/c1-6-7(3-4-13-6)8(10)5-9(11)12-2/h3-4,8H,5,10H2,1-2H3/t8-/m0/s1. The van der Waals surface area contributed by atoms with Crippen LogP contribution in [0.4, 0.5) is 0 Å². The third-order valence-corrected chi connectivity index (χ3v) is 1.91. The fourth-order valence-corrected chi connectivity index (χ4v) is 1.15. The normalized spacial score (nSPS) is 12.5. The number of esters is 1. The first-order chi connectivity index (χ1) is 6.15. The molecule has 0 unspecified atom stereocenters. The molecule has 0 radical (unpaired) electrons. The number of methoxy groups -OCH3 is 1. The highest BCUT2D eigenvalue weighted by molar-refractivity contribution is 5.70. The molecule has 0 saturated carbocycles. The highest BCUT2D eigenvalue weighted by Crippen LogP contribution is 2.19. The van der Waals surface area contributed by atoms with Gasteiger partial charge in [-0.25, -0.2) is 0 Å². The van der Waals surface area contributed by atoms with E-state index in [1.54, 1.807) is 12.3 Å². The minimum atomic E-state index is -0.341. The molecule has 0 aliphatic heterocycles. The predicted octanol–water partition coefficient (Wildman–Crippen LogP) is 1.15. The van der Waals surface area contributed by atoms with Crippen molar-refractivity contribution in [3.05, 3.63) is 23.7 Å². The Bertz CT molecular complexity index is 293. The molecule has 0 spiro atoms. The van der Waals surface area contributed by atoms with Gasteiger partial charge in [0.05, 0.1) is 19.8 Å². The molecule has 4 heteroatoms. The second-order valence-electron chi connectivity index (χ2n) is 2.82. The van der Waals surface area contributed by atoms with Crippen molar-refractivity contribution in [2.75, 3.05) is 7.11 Å². The molecule has 0 aromatic carbocycles. The monoisotopic (exact) mass is 183 g/mol. The average molecular weight is 183 g/mol. The minimum absolute atomic E-state index is 0.177. The quantitative estimate of drug-likeness (QED) is 0.714. The van der Waals surface area contributed by atoms with E-state index in [2.05, 4.69) is 4.74 Å². The zero-order valence-corrected chi connectivity index (χ0v) is 7.74. The summed E-state index contributed by atoms with van der Waals surface area (Å²) in [7, 11) is 1.34. The molecule has 2 N–H and O–H groups in total. The van der Waals surface area contributed by atoms with Crippen LogP contribution in [0.15, 0.2) is 16.7 Å². The molecule has 0 aliphatic rings. The van der Waals surface area contributed by atoms with Crippen LogP contribution in [0.3, 0.4) is 0 Å². The smallest absolute Gasteiger partial charge is 0.307 e. The SMILES string of the molecule is COC(=O)C[C@H](N)c1ccoc1C. The van der Waals surface area contributed by atoms with E-state index in [4.69, 9.17) is 10.2 Å². The van der Waals surface area contributed by atoms with Crippen LogP contribution in [-0.2, 0) is 9.53 Å². The van der Waals surface area contributed by atoms with Crippen molar-refractivity contribution in [1.82, 2.24) is 0 Å². The summed E-state index contributed by atoms with van der Waals surface area (Å²) in [6, 6.07) is 1.43. The molecule has 0 fully saturated rings. The van der Waals surface area contributed by atoms with Crippen molar-refractivity contribution >= 4 is 5.97 Å². The Balaban J connectivity index is 2.63. The van der Waals surface area contributed by atoms with E-state index in [0.29, 0.717) is 0 Å². The molecule has 1 rings (SSSR count). The molecule has 1 atom stereocenters. The van der Waals surface area contributed by atoms with Gasteiger partial charge in [0.15, 0.2) is 0 Å². The van der Waals surface area contributed by atoms with Crippen LogP contribution in [0.5, 0.6) is 0 Å². The van der Waals surface area contributed by atoms with Crippen LogP contribution < -0.4 is 5.73 Å². The Hall–Kier alpha value is -1.29. The maximum Gasteiger partial charge on any atom is 0.307 e. The number of carbonyl (C=O) groups excluding carboxylic acids is 1. The van der Waals surface area contributed by atoms with E-state index < -0.39 is 0 Å². The Morgan fingerprint density at radius 3 is 2.92 bits per heavy atom. The lowest BCUT2D eigenvalue weighted by molar-refractivity contribution is -0.141. The van der Waals surface area contributed by atoms with Gasteiger partial charge in [0.2, 0.25) is 0 Å². The van der Waals surface area contributed by atoms with Crippen LogP contribution >= 0.6 is 0 Å². The second kappa shape index (κ2) is 4.09. The fraction of sp³-hybridized carbons (Fsp3) is 0.444. The van der Waals surface area contributed by atoms with Crippen molar-refractivity contribution in [3.63, 3.8) is 0 Å². The van der Waals surface area contributed by atoms with Gasteiger partial charge in [0.25, 0.3) is 0 Å². The number of rotatable bonds is 3. The number of hydrogen-bond acceptors (Lipinski definition) is 4. The Labute approximate surface area is 76.7 Å². The molecule has 0 saturated heterocycles. The Kier molecular flexibility index (Phi) is 3.08. The van der Waals surface area contributed by atoms with Crippen molar-refractivity contribution in [2.45, 2.75) is 19.4 Å². The lowest BCUT2D eigenvalue weighted by Crippen LogP contribution is -2.16. The van der Waals surface area contributed by atoms with Gasteiger partial charge in [-0.15, -0.1) is 0 Å². The first kappa shape index (κ1) is 9.80. The van der Waals surface area contributed by atoms with Crippen LogP contribution in [0.1, 0.15) is 23.8 Å². The first-order valence-electron chi connectivity index (χ1n) is 4.01. The highest BCUT2D eigenvalue weighted by Gasteiger charge is 2.15. The molecule has 1 aromatic rings. The molecular weight excluding hydrogens is 170 g/mol. The van der Waals surface area contributed by atoms with E-state index >= 15 is 0 Å². The van der Waals surface area contributed by atoms with Gasteiger partial charge < -0.3 is 14.9 Å². The van der Waals surface area contributed by atoms with Crippen LogP contribution in [-0.4, -0.2) is 13.1 Å².